The maximum atomic E-state index is 13.7. The van der Waals surface area contributed by atoms with E-state index in [9.17, 15) is 14.0 Å². The summed E-state index contributed by atoms with van der Waals surface area (Å²) < 4.78 is 24.1. The second-order valence-corrected chi connectivity index (χ2v) is 6.08. The highest BCUT2D eigenvalue weighted by atomic mass is 79.9. The summed E-state index contributed by atoms with van der Waals surface area (Å²) in [5.74, 6) is -1.71. The van der Waals surface area contributed by atoms with Crippen LogP contribution >= 0.6 is 15.9 Å². The second-order valence-electron chi connectivity index (χ2n) is 5.29. The van der Waals surface area contributed by atoms with Crippen LogP contribution in [-0.4, -0.2) is 17.3 Å². The lowest BCUT2D eigenvalue weighted by Gasteiger charge is -2.10. The van der Waals surface area contributed by atoms with Gasteiger partial charge < -0.3 is 9.47 Å². The Morgan fingerprint density at radius 1 is 0.880 bits per heavy atom. The van der Waals surface area contributed by atoms with E-state index in [1.54, 1.807) is 18.2 Å². The molecule has 0 unspecified atom stereocenters. The van der Waals surface area contributed by atoms with Crippen molar-refractivity contribution >= 4 is 27.9 Å². The molecule has 0 spiro atoms. The van der Waals surface area contributed by atoms with Gasteiger partial charge in [-0.3, -0.25) is 4.79 Å². The standard InChI is InChI=1S/C19H18BrFO4/c20-13-7-1-2-12-18(22)24-16-10-5-6-11-17(16)25-19(23)14-8-3-4-9-15(14)21/h3-6,8-11H,1-2,7,12-13H2. The van der Waals surface area contributed by atoms with Crippen molar-refractivity contribution in [3.8, 4) is 11.5 Å². The van der Waals surface area contributed by atoms with E-state index in [0.29, 0.717) is 0 Å². The molecule has 2 rings (SSSR count). The molecule has 0 amide bonds. The number of ether oxygens (including phenoxy) is 2. The normalized spacial score (nSPS) is 10.3. The average Bonchev–Trinajstić information content (AvgIpc) is 2.61. The van der Waals surface area contributed by atoms with Gasteiger partial charge in [-0.15, -0.1) is 0 Å². The molecule has 0 heterocycles. The van der Waals surface area contributed by atoms with E-state index in [1.165, 1.54) is 30.3 Å². The minimum absolute atomic E-state index is 0.0737. The lowest BCUT2D eigenvalue weighted by Crippen LogP contribution is -2.13. The number of para-hydroxylation sites is 2. The molecular weight excluding hydrogens is 391 g/mol. The molecule has 0 fully saturated rings. The van der Waals surface area contributed by atoms with Gasteiger partial charge in [-0.2, -0.15) is 0 Å². The number of alkyl halides is 1. The summed E-state index contributed by atoms with van der Waals surface area (Å²) in [6.45, 7) is 0. The lowest BCUT2D eigenvalue weighted by molar-refractivity contribution is -0.134. The Balaban J connectivity index is 2.01. The maximum absolute atomic E-state index is 13.7. The summed E-state index contributed by atoms with van der Waals surface area (Å²) >= 11 is 3.34. The van der Waals surface area contributed by atoms with E-state index >= 15 is 0 Å². The van der Waals surface area contributed by atoms with Gasteiger partial charge in [-0.05, 0) is 37.1 Å². The third-order valence-corrected chi connectivity index (χ3v) is 3.94. The van der Waals surface area contributed by atoms with Crippen molar-refractivity contribution in [3.63, 3.8) is 0 Å². The minimum atomic E-state index is -0.848. The average molecular weight is 409 g/mol. The molecule has 0 aliphatic carbocycles. The van der Waals surface area contributed by atoms with Crippen molar-refractivity contribution in [2.45, 2.75) is 25.7 Å². The first kappa shape index (κ1) is 19.1. The van der Waals surface area contributed by atoms with Crippen molar-refractivity contribution in [3.05, 3.63) is 59.9 Å². The highest BCUT2D eigenvalue weighted by Gasteiger charge is 2.17. The number of unbranched alkanes of at least 4 members (excludes halogenated alkanes) is 2. The summed E-state index contributed by atoms with van der Waals surface area (Å²) in [6, 6.07) is 11.8. The highest BCUT2D eigenvalue weighted by Crippen LogP contribution is 2.28. The van der Waals surface area contributed by atoms with Gasteiger partial charge in [0.25, 0.3) is 0 Å². The monoisotopic (exact) mass is 408 g/mol. The zero-order valence-electron chi connectivity index (χ0n) is 13.5. The van der Waals surface area contributed by atoms with Crippen LogP contribution in [0, 0.1) is 5.82 Å². The van der Waals surface area contributed by atoms with Crippen LogP contribution in [0.15, 0.2) is 48.5 Å². The SMILES string of the molecule is O=C(CCCCCBr)Oc1ccccc1OC(=O)c1ccccc1F. The molecule has 132 valence electrons. The van der Waals surface area contributed by atoms with E-state index in [0.717, 1.165) is 24.6 Å². The zero-order valence-corrected chi connectivity index (χ0v) is 15.1. The summed E-state index contributed by atoms with van der Waals surface area (Å²) in [4.78, 5) is 24.0. The molecule has 2 aromatic carbocycles. The Labute approximate surface area is 154 Å². The van der Waals surface area contributed by atoms with Gasteiger partial charge in [-0.1, -0.05) is 46.6 Å². The van der Waals surface area contributed by atoms with Gasteiger partial charge in [0, 0.05) is 11.8 Å². The molecule has 0 saturated carbocycles. The molecule has 2 aromatic rings. The molecule has 0 aliphatic heterocycles. The van der Waals surface area contributed by atoms with Crippen LogP contribution in [0.2, 0.25) is 0 Å². The second kappa shape index (κ2) is 9.93. The van der Waals surface area contributed by atoms with Crippen LogP contribution in [-0.2, 0) is 4.79 Å². The van der Waals surface area contributed by atoms with Gasteiger partial charge in [0.05, 0.1) is 5.56 Å². The van der Waals surface area contributed by atoms with Crippen molar-refractivity contribution < 1.29 is 23.5 Å². The fourth-order valence-electron chi connectivity index (χ4n) is 2.11. The van der Waals surface area contributed by atoms with Crippen LogP contribution in [0.1, 0.15) is 36.0 Å². The Morgan fingerprint density at radius 3 is 2.20 bits per heavy atom. The van der Waals surface area contributed by atoms with Crippen molar-refractivity contribution in [2.24, 2.45) is 0 Å². The van der Waals surface area contributed by atoms with Crippen molar-refractivity contribution in [1.82, 2.24) is 0 Å². The number of hydrogen-bond acceptors (Lipinski definition) is 4. The third kappa shape index (κ3) is 5.98. The van der Waals surface area contributed by atoms with E-state index in [1.807, 2.05) is 0 Å². The van der Waals surface area contributed by atoms with Crippen molar-refractivity contribution in [2.75, 3.05) is 5.33 Å². The van der Waals surface area contributed by atoms with Crippen LogP contribution < -0.4 is 9.47 Å². The van der Waals surface area contributed by atoms with Crippen molar-refractivity contribution in [1.29, 1.82) is 0 Å². The predicted molar refractivity (Wildman–Crippen MR) is 95.7 cm³/mol. The Bertz CT molecular complexity index is 733. The first-order chi connectivity index (χ1) is 12.1. The van der Waals surface area contributed by atoms with Gasteiger partial charge in [-0.25, -0.2) is 9.18 Å². The lowest BCUT2D eigenvalue weighted by atomic mass is 10.2. The highest BCUT2D eigenvalue weighted by molar-refractivity contribution is 9.09. The summed E-state index contributed by atoms with van der Waals surface area (Å²) in [7, 11) is 0. The van der Waals surface area contributed by atoms with Crippen LogP contribution in [0.3, 0.4) is 0 Å². The number of carbonyl (C=O) groups excluding carboxylic acids is 2. The van der Waals surface area contributed by atoms with Crippen LogP contribution in [0.25, 0.3) is 0 Å². The summed E-state index contributed by atoms with van der Waals surface area (Å²) in [6.07, 6.45) is 2.92. The summed E-state index contributed by atoms with van der Waals surface area (Å²) in [5, 5.41) is 0.900. The molecule has 0 atom stereocenters. The number of esters is 2. The quantitative estimate of drug-likeness (QED) is 0.269. The Kier molecular flexibility index (Phi) is 7.60. The number of carbonyl (C=O) groups is 2. The molecule has 25 heavy (non-hydrogen) atoms. The largest absolute Gasteiger partial charge is 0.423 e. The number of halogens is 2. The van der Waals surface area contributed by atoms with Gasteiger partial charge in [0.15, 0.2) is 11.5 Å². The number of hydrogen-bond donors (Lipinski definition) is 0. The Hall–Kier alpha value is -2.21. The van der Waals surface area contributed by atoms with E-state index in [2.05, 4.69) is 15.9 Å². The maximum Gasteiger partial charge on any atom is 0.346 e. The molecule has 4 nitrogen and oxygen atoms in total. The van der Waals surface area contributed by atoms with E-state index in [-0.39, 0.29) is 23.5 Å². The third-order valence-electron chi connectivity index (χ3n) is 3.38. The van der Waals surface area contributed by atoms with Gasteiger partial charge in [0.1, 0.15) is 5.82 Å². The molecule has 0 radical (unpaired) electrons. The zero-order chi connectivity index (χ0) is 18.1. The molecular formula is C19H18BrFO4. The smallest absolute Gasteiger partial charge is 0.346 e. The molecule has 6 heteroatoms. The first-order valence-electron chi connectivity index (χ1n) is 7.94. The predicted octanol–water partition coefficient (Wildman–Crippen LogP) is 4.91. The van der Waals surface area contributed by atoms with E-state index in [4.69, 9.17) is 9.47 Å². The fraction of sp³-hybridized carbons (Fsp3) is 0.263. The molecule has 0 aliphatic rings. The molecule has 0 saturated heterocycles. The Morgan fingerprint density at radius 2 is 1.52 bits per heavy atom. The van der Waals surface area contributed by atoms with Crippen LogP contribution in [0.5, 0.6) is 11.5 Å². The summed E-state index contributed by atoms with van der Waals surface area (Å²) in [5.41, 5.74) is -0.182. The minimum Gasteiger partial charge on any atom is -0.423 e. The molecule has 0 bridgehead atoms. The topological polar surface area (TPSA) is 52.6 Å². The van der Waals surface area contributed by atoms with Gasteiger partial charge >= 0.3 is 11.9 Å². The van der Waals surface area contributed by atoms with E-state index < -0.39 is 17.8 Å². The first-order valence-corrected chi connectivity index (χ1v) is 9.06. The number of benzene rings is 2. The van der Waals surface area contributed by atoms with Gasteiger partial charge in [0.2, 0.25) is 0 Å². The van der Waals surface area contributed by atoms with Crippen LogP contribution in [0.4, 0.5) is 4.39 Å². The molecule has 0 N–H and O–H groups in total. The fourth-order valence-corrected chi connectivity index (χ4v) is 2.51. The molecule has 0 aromatic heterocycles. The number of rotatable bonds is 8.